The van der Waals surface area contributed by atoms with Crippen molar-refractivity contribution in [2.24, 2.45) is 0 Å². The van der Waals surface area contributed by atoms with Crippen LogP contribution in [0.2, 0.25) is 0 Å². The number of hydrogen-bond acceptors (Lipinski definition) is 2. The Morgan fingerprint density at radius 1 is 1.05 bits per heavy atom. The van der Waals surface area contributed by atoms with Gasteiger partial charge >= 0.3 is 0 Å². The van der Waals surface area contributed by atoms with Gasteiger partial charge in [0.05, 0.1) is 5.69 Å². The molecule has 2 aromatic carbocycles. The molecule has 0 unspecified atom stereocenters. The molecule has 0 aliphatic heterocycles. The Labute approximate surface area is 114 Å². The monoisotopic (exact) mass is 253 g/mol. The summed E-state index contributed by atoms with van der Waals surface area (Å²) in [5.41, 5.74) is 12.0. The average molecular weight is 253 g/mol. The number of ether oxygens (including phenoxy) is 1. The van der Waals surface area contributed by atoms with Crippen LogP contribution >= 0.6 is 0 Å². The fraction of sp³-hybridized carbons (Fsp3) is 0.294. The van der Waals surface area contributed by atoms with E-state index >= 15 is 0 Å². The van der Waals surface area contributed by atoms with Crippen LogP contribution in [0.1, 0.15) is 28.7 Å². The van der Waals surface area contributed by atoms with E-state index in [4.69, 9.17) is 10.5 Å². The number of fused-ring (bicyclic) bond motifs is 1. The van der Waals surface area contributed by atoms with Crippen molar-refractivity contribution in [1.29, 1.82) is 0 Å². The molecule has 0 spiro atoms. The molecule has 0 aromatic heterocycles. The number of benzene rings is 2. The summed E-state index contributed by atoms with van der Waals surface area (Å²) in [7, 11) is 0. The van der Waals surface area contributed by atoms with E-state index in [0.717, 1.165) is 11.3 Å². The molecule has 1 aliphatic carbocycles. The highest BCUT2D eigenvalue weighted by molar-refractivity contribution is 5.54. The molecule has 0 saturated carbocycles. The minimum absolute atomic E-state index is 0.584. The Balaban J connectivity index is 1.72. The van der Waals surface area contributed by atoms with Crippen molar-refractivity contribution >= 4 is 5.69 Å². The SMILES string of the molecule is Cc1ccc(OCc2ccc3c(c2)CCC3)c(N)c1. The number of anilines is 1. The first kappa shape index (κ1) is 12.1. The van der Waals surface area contributed by atoms with Gasteiger partial charge in [-0.15, -0.1) is 0 Å². The Bertz CT molecular complexity index is 604. The van der Waals surface area contributed by atoms with Crippen LogP contribution in [0.5, 0.6) is 5.75 Å². The fourth-order valence-electron chi connectivity index (χ4n) is 2.68. The van der Waals surface area contributed by atoms with Crippen molar-refractivity contribution < 1.29 is 4.74 Å². The maximum absolute atomic E-state index is 5.95. The van der Waals surface area contributed by atoms with Gasteiger partial charge in [-0.05, 0) is 60.6 Å². The summed E-state index contributed by atoms with van der Waals surface area (Å²) in [5, 5.41) is 0. The maximum Gasteiger partial charge on any atom is 0.142 e. The highest BCUT2D eigenvalue weighted by atomic mass is 16.5. The van der Waals surface area contributed by atoms with E-state index in [2.05, 4.69) is 18.2 Å². The molecule has 0 saturated heterocycles. The lowest BCUT2D eigenvalue weighted by Gasteiger charge is -2.10. The largest absolute Gasteiger partial charge is 0.487 e. The van der Waals surface area contributed by atoms with Gasteiger partial charge < -0.3 is 10.5 Å². The summed E-state index contributed by atoms with van der Waals surface area (Å²) in [5.74, 6) is 0.770. The summed E-state index contributed by atoms with van der Waals surface area (Å²) in [4.78, 5) is 0. The number of nitrogens with two attached hydrogens (primary N) is 1. The van der Waals surface area contributed by atoms with Crippen LogP contribution in [0.4, 0.5) is 5.69 Å². The van der Waals surface area contributed by atoms with Crippen LogP contribution in [-0.4, -0.2) is 0 Å². The summed E-state index contributed by atoms with van der Waals surface area (Å²) in [6.07, 6.45) is 3.71. The standard InChI is InChI=1S/C17H19NO/c1-12-5-8-17(16(18)9-12)19-11-13-6-7-14-3-2-4-15(14)10-13/h5-10H,2-4,11,18H2,1H3. The third-order valence-corrected chi connectivity index (χ3v) is 3.72. The summed E-state index contributed by atoms with van der Waals surface area (Å²) in [6, 6.07) is 12.6. The second-order valence-electron chi connectivity index (χ2n) is 5.29. The van der Waals surface area contributed by atoms with Crippen LogP contribution in [0, 0.1) is 6.92 Å². The normalized spacial score (nSPS) is 13.3. The van der Waals surface area contributed by atoms with E-state index in [9.17, 15) is 0 Å². The van der Waals surface area contributed by atoms with Crippen molar-refractivity contribution in [2.75, 3.05) is 5.73 Å². The minimum atomic E-state index is 0.584. The summed E-state index contributed by atoms with van der Waals surface area (Å²) in [6.45, 7) is 2.61. The lowest BCUT2D eigenvalue weighted by Crippen LogP contribution is -1.99. The zero-order chi connectivity index (χ0) is 13.2. The van der Waals surface area contributed by atoms with E-state index < -0.39 is 0 Å². The van der Waals surface area contributed by atoms with Crippen molar-refractivity contribution in [3.05, 3.63) is 58.7 Å². The number of nitrogen functional groups attached to an aromatic ring is 1. The van der Waals surface area contributed by atoms with E-state index in [1.807, 2.05) is 25.1 Å². The van der Waals surface area contributed by atoms with Crippen LogP contribution in [-0.2, 0) is 19.4 Å². The molecule has 0 radical (unpaired) electrons. The predicted octanol–water partition coefficient (Wildman–Crippen LogP) is 3.64. The smallest absolute Gasteiger partial charge is 0.142 e. The molecular formula is C17H19NO. The first-order valence-electron chi connectivity index (χ1n) is 6.82. The highest BCUT2D eigenvalue weighted by Crippen LogP contribution is 2.25. The number of rotatable bonds is 3. The Morgan fingerprint density at radius 3 is 2.74 bits per heavy atom. The van der Waals surface area contributed by atoms with Gasteiger partial charge in [-0.1, -0.05) is 24.3 Å². The van der Waals surface area contributed by atoms with Gasteiger partial charge in [0.2, 0.25) is 0 Å². The Hall–Kier alpha value is -1.96. The molecule has 98 valence electrons. The zero-order valence-electron chi connectivity index (χ0n) is 11.3. The highest BCUT2D eigenvalue weighted by Gasteiger charge is 2.11. The topological polar surface area (TPSA) is 35.2 Å². The third-order valence-electron chi connectivity index (χ3n) is 3.72. The molecule has 2 nitrogen and oxygen atoms in total. The minimum Gasteiger partial charge on any atom is -0.487 e. The lowest BCUT2D eigenvalue weighted by molar-refractivity contribution is 0.308. The third kappa shape index (κ3) is 2.58. The van der Waals surface area contributed by atoms with Crippen LogP contribution in [0.25, 0.3) is 0 Å². The number of aryl methyl sites for hydroxylation is 3. The quantitative estimate of drug-likeness (QED) is 0.847. The summed E-state index contributed by atoms with van der Waals surface area (Å²) < 4.78 is 5.81. The molecule has 0 heterocycles. The molecule has 2 heteroatoms. The first-order valence-corrected chi connectivity index (χ1v) is 6.82. The maximum atomic E-state index is 5.95. The summed E-state index contributed by atoms with van der Waals surface area (Å²) >= 11 is 0. The van der Waals surface area contributed by atoms with Gasteiger partial charge in [0.1, 0.15) is 12.4 Å². The van der Waals surface area contributed by atoms with Crippen molar-refractivity contribution in [3.8, 4) is 5.75 Å². The van der Waals surface area contributed by atoms with E-state index in [-0.39, 0.29) is 0 Å². The number of hydrogen-bond donors (Lipinski definition) is 1. The Morgan fingerprint density at radius 2 is 1.89 bits per heavy atom. The average Bonchev–Trinajstić information content (AvgIpc) is 2.85. The van der Waals surface area contributed by atoms with Gasteiger partial charge in [-0.3, -0.25) is 0 Å². The molecular weight excluding hydrogens is 234 g/mol. The van der Waals surface area contributed by atoms with Gasteiger partial charge in [0.25, 0.3) is 0 Å². The molecule has 2 aromatic rings. The second kappa shape index (κ2) is 4.96. The van der Waals surface area contributed by atoms with Gasteiger partial charge in [0.15, 0.2) is 0 Å². The van der Waals surface area contributed by atoms with Crippen molar-refractivity contribution in [3.63, 3.8) is 0 Å². The van der Waals surface area contributed by atoms with Gasteiger partial charge in [-0.25, -0.2) is 0 Å². The van der Waals surface area contributed by atoms with Crippen molar-refractivity contribution in [2.45, 2.75) is 32.8 Å². The molecule has 0 amide bonds. The Kier molecular flexibility index (Phi) is 3.16. The molecule has 0 atom stereocenters. The zero-order valence-corrected chi connectivity index (χ0v) is 11.3. The van der Waals surface area contributed by atoms with Gasteiger partial charge in [0, 0.05) is 0 Å². The molecule has 19 heavy (non-hydrogen) atoms. The fourth-order valence-corrected chi connectivity index (χ4v) is 2.68. The molecule has 3 rings (SSSR count). The molecule has 2 N–H and O–H groups in total. The van der Waals surface area contributed by atoms with Gasteiger partial charge in [-0.2, -0.15) is 0 Å². The molecule has 0 fully saturated rings. The lowest BCUT2D eigenvalue weighted by atomic mass is 10.1. The van der Waals surface area contributed by atoms with Crippen LogP contribution in [0.15, 0.2) is 36.4 Å². The van der Waals surface area contributed by atoms with E-state index in [1.165, 1.54) is 36.0 Å². The molecule has 1 aliphatic rings. The molecule has 0 bridgehead atoms. The van der Waals surface area contributed by atoms with Crippen LogP contribution < -0.4 is 10.5 Å². The van der Waals surface area contributed by atoms with E-state index in [0.29, 0.717) is 12.3 Å². The first-order chi connectivity index (χ1) is 9.22. The van der Waals surface area contributed by atoms with Crippen molar-refractivity contribution in [1.82, 2.24) is 0 Å². The second-order valence-corrected chi connectivity index (χ2v) is 5.29. The van der Waals surface area contributed by atoms with E-state index in [1.54, 1.807) is 0 Å². The van der Waals surface area contributed by atoms with Crippen LogP contribution in [0.3, 0.4) is 0 Å². The predicted molar refractivity (Wildman–Crippen MR) is 78.4 cm³/mol.